The fourth-order valence-electron chi connectivity index (χ4n) is 8.16. The fraction of sp³-hybridized carbons (Fsp3) is 0. The number of fused-ring (bicyclic) bond motifs is 6. The van der Waals surface area contributed by atoms with Gasteiger partial charge in [0.05, 0.1) is 0 Å². The molecule has 0 bridgehead atoms. The Kier molecular flexibility index (Phi) is 7.35. The van der Waals surface area contributed by atoms with Crippen molar-refractivity contribution in [3.63, 3.8) is 0 Å². The van der Waals surface area contributed by atoms with E-state index in [0.717, 1.165) is 33.0 Å². The van der Waals surface area contributed by atoms with Crippen LogP contribution in [-0.2, 0) is 0 Å². The van der Waals surface area contributed by atoms with E-state index in [2.05, 4.69) is 170 Å². The average molecular weight is 718 g/mol. The van der Waals surface area contributed by atoms with E-state index < -0.39 is 0 Å². The molecule has 256 valence electrons. The Morgan fingerprint density at radius 1 is 0.309 bits per heavy atom. The van der Waals surface area contributed by atoms with Gasteiger partial charge in [0.2, 0.25) is 0 Å². The van der Waals surface area contributed by atoms with E-state index in [1.54, 1.807) is 11.3 Å². The molecule has 55 heavy (non-hydrogen) atoms. The van der Waals surface area contributed by atoms with Crippen molar-refractivity contribution in [2.75, 3.05) is 0 Å². The lowest BCUT2D eigenvalue weighted by atomic mass is 9.87. The second kappa shape index (κ2) is 12.8. The maximum atomic E-state index is 5.31. The molecule has 0 amide bonds. The van der Waals surface area contributed by atoms with Gasteiger partial charge in [0.15, 0.2) is 17.5 Å². The standard InChI is InChI=1S/C51H31N3S/c1-2-15-33(16-3-1)49-52-50(43-24-12-11-23-40(43)47-31-35-18-6-13-25-46(35)55-47)54-51(53-49)44-29-28-41(38-21-9-10-22-39(38)44)48-37-20-8-5-17-34(37)30-45-36-19-7-4-14-32(36)26-27-42(45)48/h1-31H. The third-order valence-corrected chi connectivity index (χ3v) is 11.9. The van der Waals surface area contributed by atoms with Crippen molar-refractivity contribution in [1.82, 2.24) is 15.0 Å². The van der Waals surface area contributed by atoms with Crippen LogP contribution in [0.5, 0.6) is 0 Å². The fourth-order valence-corrected chi connectivity index (χ4v) is 9.27. The molecule has 3 nitrogen and oxygen atoms in total. The monoisotopic (exact) mass is 717 g/mol. The van der Waals surface area contributed by atoms with Gasteiger partial charge in [0.1, 0.15) is 0 Å². The topological polar surface area (TPSA) is 38.7 Å². The summed E-state index contributed by atoms with van der Waals surface area (Å²) in [6.07, 6.45) is 0. The first-order chi connectivity index (χ1) is 27.3. The molecule has 0 atom stereocenters. The molecule has 0 saturated heterocycles. The highest BCUT2D eigenvalue weighted by molar-refractivity contribution is 7.22. The van der Waals surface area contributed by atoms with Crippen molar-refractivity contribution >= 4 is 64.5 Å². The number of thiophene rings is 1. The summed E-state index contributed by atoms with van der Waals surface area (Å²) < 4.78 is 1.26. The van der Waals surface area contributed by atoms with Crippen LogP contribution in [0, 0.1) is 0 Å². The van der Waals surface area contributed by atoms with Crippen LogP contribution in [0.1, 0.15) is 0 Å². The van der Waals surface area contributed by atoms with E-state index in [9.17, 15) is 0 Å². The summed E-state index contributed by atoms with van der Waals surface area (Å²) in [6.45, 7) is 0. The molecule has 0 aliphatic heterocycles. The molecule has 2 aromatic heterocycles. The first-order valence-corrected chi connectivity index (χ1v) is 19.3. The molecule has 0 aliphatic carbocycles. The highest BCUT2D eigenvalue weighted by atomic mass is 32.1. The lowest BCUT2D eigenvalue weighted by Gasteiger charge is -2.17. The van der Waals surface area contributed by atoms with Crippen LogP contribution >= 0.6 is 11.3 Å². The minimum absolute atomic E-state index is 0.645. The van der Waals surface area contributed by atoms with E-state index in [0.29, 0.717) is 17.5 Å². The predicted molar refractivity (Wildman–Crippen MR) is 232 cm³/mol. The van der Waals surface area contributed by atoms with Crippen molar-refractivity contribution in [3.05, 3.63) is 188 Å². The van der Waals surface area contributed by atoms with Crippen LogP contribution in [0.3, 0.4) is 0 Å². The van der Waals surface area contributed by atoms with Crippen LogP contribution in [-0.4, -0.2) is 15.0 Å². The zero-order valence-electron chi connectivity index (χ0n) is 29.6. The van der Waals surface area contributed by atoms with Gasteiger partial charge in [0.25, 0.3) is 0 Å². The average Bonchev–Trinajstić information content (AvgIpc) is 3.70. The van der Waals surface area contributed by atoms with Crippen LogP contribution in [0.2, 0.25) is 0 Å². The summed E-state index contributed by atoms with van der Waals surface area (Å²) in [5.74, 6) is 1.94. The maximum Gasteiger partial charge on any atom is 0.164 e. The molecule has 4 heteroatoms. The Hall–Kier alpha value is -7.01. The smallest absolute Gasteiger partial charge is 0.164 e. The quantitative estimate of drug-likeness (QED) is 0.131. The van der Waals surface area contributed by atoms with E-state index >= 15 is 0 Å². The second-order valence-electron chi connectivity index (χ2n) is 13.9. The van der Waals surface area contributed by atoms with Gasteiger partial charge in [-0.05, 0) is 83.9 Å². The first-order valence-electron chi connectivity index (χ1n) is 18.5. The molecule has 0 aliphatic rings. The van der Waals surface area contributed by atoms with Gasteiger partial charge in [-0.25, -0.2) is 15.0 Å². The molecule has 11 rings (SSSR count). The van der Waals surface area contributed by atoms with Gasteiger partial charge >= 0.3 is 0 Å². The van der Waals surface area contributed by atoms with Crippen molar-refractivity contribution in [1.29, 1.82) is 0 Å². The Morgan fingerprint density at radius 2 is 0.891 bits per heavy atom. The van der Waals surface area contributed by atoms with Crippen LogP contribution in [0.4, 0.5) is 0 Å². The van der Waals surface area contributed by atoms with Crippen LogP contribution < -0.4 is 0 Å². The van der Waals surface area contributed by atoms with Gasteiger partial charge in [-0.2, -0.15) is 0 Å². The summed E-state index contributed by atoms with van der Waals surface area (Å²) in [5, 5.41) is 10.9. The predicted octanol–water partition coefficient (Wildman–Crippen LogP) is 14.0. The Labute approximate surface area is 321 Å². The van der Waals surface area contributed by atoms with E-state index in [1.807, 2.05) is 18.2 Å². The first kappa shape index (κ1) is 31.5. The molecular weight excluding hydrogens is 687 g/mol. The maximum absolute atomic E-state index is 5.31. The van der Waals surface area contributed by atoms with Crippen molar-refractivity contribution in [2.24, 2.45) is 0 Å². The number of nitrogens with zero attached hydrogens (tertiary/aromatic N) is 3. The second-order valence-corrected chi connectivity index (χ2v) is 15.0. The van der Waals surface area contributed by atoms with Crippen LogP contribution in [0.15, 0.2) is 188 Å². The van der Waals surface area contributed by atoms with Gasteiger partial charge in [-0.3, -0.25) is 0 Å². The van der Waals surface area contributed by atoms with Crippen molar-refractivity contribution in [3.8, 4) is 55.7 Å². The van der Waals surface area contributed by atoms with E-state index in [4.69, 9.17) is 15.0 Å². The minimum Gasteiger partial charge on any atom is -0.208 e. The Balaban J connectivity index is 1.15. The molecule has 2 heterocycles. The van der Waals surface area contributed by atoms with Gasteiger partial charge in [0, 0.05) is 31.8 Å². The van der Waals surface area contributed by atoms with Crippen molar-refractivity contribution in [2.45, 2.75) is 0 Å². The molecular formula is C51H31N3S. The Morgan fingerprint density at radius 3 is 1.69 bits per heavy atom. The molecule has 0 radical (unpaired) electrons. The summed E-state index contributed by atoms with van der Waals surface area (Å²) in [7, 11) is 0. The highest BCUT2D eigenvalue weighted by Gasteiger charge is 2.20. The minimum atomic E-state index is 0.645. The summed E-state index contributed by atoms with van der Waals surface area (Å²) in [6, 6.07) is 67.0. The summed E-state index contributed by atoms with van der Waals surface area (Å²) in [5.41, 5.74) is 6.42. The van der Waals surface area contributed by atoms with E-state index in [1.165, 1.54) is 58.4 Å². The van der Waals surface area contributed by atoms with Gasteiger partial charge in [-0.15, -0.1) is 11.3 Å². The molecule has 0 unspecified atom stereocenters. The number of aromatic nitrogens is 3. The van der Waals surface area contributed by atoms with E-state index in [-0.39, 0.29) is 0 Å². The SMILES string of the molecule is c1ccc(-c2nc(-c3ccccc3-c3cc4ccccc4s3)nc(-c3ccc(-c4c5ccccc5cc5c4ccc4ccccc45)c4ccccc34)n2)cc1. The zero-order chi connectivity index (χ0) is 36.3. The third-order valence-electron chi connectivity index (χ3n) is 10.7. The molecule has 0 saturated carbocycles. The number of hydrogen-bond donors (Lipinski definition) is 0. The molecule has 9 aromatic carbocycles. The normalized spacial score (nSPS) is 11.6. The highest BCUT2D eigenvalue weighted by Crippen LogP contribution is 2.44. The largest absolute Gasteiger partial charge is 0.208 e. The third kappa shape index (κ3) is 5.30. The van der Waals surface area contributed by atoms with Gasteiger partial charge < -0.3 is 0 Å². The summed E-state index contributed by atoms with van der Waals surface area (Å²) in [4.78, 5) is 16.9. The zero-order valence-corrected chi connectivity index (χ0v) is 30.5. The molecule has 0 fully saturated rings. The number of benzene rings is 9. The van der Waals surface area contributed by atoms with Crippen LogP contribution in [0.25, 0.3) is 109 Å². The molecule has 11 aromatic rings. The lowest BCUT2D eigenvalue weighted by molar-refractivity contribution is 1.08. The van der Waals surface area contributed by atoms with Gasteiger partial charge in [-0.1, -0.05) is 164 Å². The molecule has 0 N–H and O–H groups in total. The number of rotatable bonds is 5. The molecule has 0 spiro atoms. The lowest BCUT2D eigenvalue weighted by Crippen LogP contribution is -2.01. The van der Waals surface area contributed by atoms with Crippen molar-refractivity contribution < 1.29 is 0 Å². The number of hydrogen-bond acceptors (Lipinski definition) is 4. The summed E-state index contributed by atoms with van der Waals surface area (Å²) >= 11 is 1.79. The Bertz CT molecular complexity index is 3240.